The molecule has 2 N–H and O–H groups in total. The number of nitrogens with one attached hydrogen (secondary N) is 1. The molecule has 1 amide bonds. The summed E-state index contributed by atoms with van der Waals surface area (Å²) in [5.41, 5.74) is 4.48. The molecule has 1 aromatic heterocycles. The van der Waals surface area contributed by atoms with Crippen molar-refractivity contribution < 1.29 is 14.6 Å². The first-order valence-electron chi connectivity index (χ1n) is 9.84. The molecule has 1 unspecified atom stereocenters. The van der Waals surface area contributed by atoms with Crippen molar-refractivity contribution in [2.45, 2.75) is 38.8 Å². The third kappa shape index (κ3) is 3.62. The Kier molecular flexibility index (Phi) is 5.35. The van der Waals surface area contributed by atoms with Gasteiger partial charge in [0.25, 0.3) is 0 Å². The van der Waals surface area contributed by atoms with E-state index in [1.165, 1.54) is 10.9 Å². The minimum absolute atomic E-state index is 0.0234. The van der Waals surface area contributed by atoms with Crippen LogP contribution in [0.2, 0.25) is 0 Å². The molecule has 0 fully saturated rings. The number of aromatic amines is 1. The Balaban J connectivity index is 1.39. The summed E-state index contributed by atoms with van der Waals surface area (Å²) >= 11 is 0. The van der Waals surface area contributed by atoms with Gasteiger partial charge < -0.3 is 19.7 Å². The number of amides is 1. The fourth-order valence-corrected chi connectivity index (χ4v) is 3.99. The van der Waals surface area contributed by atoms with Gasteiger partial charge in [-0.1, -0.05) is 36.4 Å². The van der Waals surface area contributed by atoms with Crippen LogP contribution in [0.15, 0.2) is 48.5 Å². The number of fused-ring (bicyclic) bond motifs is 3. The quantitative estimate of drug-likeness (QED) is 0.645. The highest BCUT2D eigenvalue weighted by Crippen LogP contribution is 2.30. The Bertz CT molecular complexity index is 979. The van der Waals surface area contributed by atoms with Crippen molar-refractivity contribution >= 4 is 16.8 Å². The molecule has 0 aliphatic carbocycles. The van der Waals surface area contributed by atoms with E-state index in [1.807, 2.05) is 48.2 Å². The van der Waals surface area contributed by atoms with Crippen LogP contribution in [-0.2, 0) is 17.8 Å². The van der Waals surface area contributed by atoms with Crippen LogP contribution in [0.5, 0.6) is 5.75 Å². The summed E-state index contributed by atoms with van der Waals surface area (Å²) < 4.78 is 5.80. The van der Waals surface area contributed by atoms with Crippen LogP contribution in [0.3, 0.4) is 0 Å². The van der Waals surface area contributed by atoms with E-state index in [9.17, 15) is 9.90 Å². The van der Waals surface area contributed by atoms with Crippen molar-refractivity contribution in [1.82, 2.24) is 9.88 Å². The number of aliphatic hydroxyl groups excluding tert-OH is 1. The highest BCUT2D eigenvalue weighted by Gasteiger charge is 2.31. The van der Waals surface area contributed by atoms with Gasteiger partial charge in [-0.15, -0.1) is 0 Å². The van der Waals surface area contributed by atoms with Gasteiger partial charge in [0.2, 0.25) is 5.91 Å². The van der Waals surface area contributed by atoms with Crippen molar-refractivity contribution in [3.8, 4) is 5.75 Å². The van der Waals surface area contributed by atoms with Crippen LogP contribution >= 0.6 is 0 Å². The number of para-hydroxylation sites is 2. The number of rotatable bonds is 6. The normalized spacial score (nSPS) is 16.2. The predicted octanol–water partition coefficient (Wildman–Crippen LogP) is 3.58. The molecule has 0 spiro atoms. The molecule has 0 radical (unpaired) electrons. The van der Waals surface area contributed by atoms with E-state index >= 15 is 0 Å². The second kappa shape index (κ2) is 8.07. The first-order valence-corrected chi connectivity index (χ1v) is 9.84. The van der Waals surface area contributed by atoms with E-state index < -0.39 is 0 Å². The van der Waals surface area contributed by atoms with E-state index in [1.54, 1.807) is 0 Å². The molecule has 3 aromatic rings. The van der Waals surface area contributed by atoms with Crippen molar-refractivity contribution in [2.24, 2.45) is 0 Å². The number of hydrogen-bond donors (Lipinski definition) is 2. The van der Waals surface area contributed by atoms with Crippen LogP contribution in [-0.4, -0.2) is 40.2 Å². The molecule has 2 heterocycles. The summed E-state index contributed by atoms with van der Waals surface area (Å²) in [6, 6.07) is 15.9. The Hall–Kier alpha value is -2.79. The number of hydrogen-bond acceptors (Lipinski definition) is 3. The minimum atomic E-state index is -0.170. The summed E-state index contributed by atoms with van der Waals surface area (Å²) in [7, 11) is 0. The Morgan fingerprint density at radius 2 is 2.00 bits per heavy atom. The Morgan fingerprint density at radius 1 is 1.21 bits per heavy atom. The molecule has 5 heteroatoms. The number of ether oxygens (including phenoxy) is 1. The molecule has 1 aliphatic heterocycles. The van der Waals surface area contributed by atoms with Crippen LogP contribution in [0.4, 0.5) is 0 Å². The fourth-order valence-electron chi connectivity index (χ4n) is 3.99. The van der Waals surface area contributed by atoms with E-state index in [2.05, 4.69) is 17.1 Å². The predicted molar refractivity (Wildman–Crippen MR) is 109 cm³/mol. The topological polar surface area (TPSA) is 65.6 Å². The largest absolute Gasteiger partial charge is 0.493 e. The van der Waals surface area contributed by atoms with Crippen molar-refractivity contribution in [3.05, 3.63) is 65.4 Å². The van der Waals surface area contributed by atoms with Crippen LogP contribution in [0.1, 0.15) is 29.7 Å². The average Bonchev–Trinajstić information content (AvgIpc) is 3.08. The fraction of sp³-hybridized carbons (Fsp3) is 0.348. The molecular formula is C23H26N2O3. The maximum absolute atomic E-state index is 12.8. The van der Waals surface area contributed by atoms with Gasteiger partial charge in [-0.2, -0.15) is 0 Å². The van der Waals surface area contributed by atoms with E-state index in [0.29, 0.717) is 32.4 Å². The van der Waals surface area contributed by atoms with Gasteiger partial charge in [0.1, 0.15) is 5.75 Å². The smallest absolute Gasteiger partial charge is 0.223 e. The average molecular weight is 378 g/mol. The van der Waals surface area contributed by atoms with E-state index in [4.69, 9.17) is 4.74 Å². The molecule has 2 aromatic carbocycles. The lowest BCUT2D eigenvalue weighted by Gasteiger charge is -2.35. The maximum Gasteiger partial charge on any atom is 0.223 e. The SMILES string of the molecule is Cc1ccccc1OCCCC(=O)N1Cc2[nH]c3ccccc3c2CC1CO. The van der Waals surface area contributed by atoms with Gasteiger partial charge in [0.05, 0.1) is 25.8 Å². The molecule has 0 saturated heterocycles. The minimum Gasteiger partial charge on any atom is -0.493 e. The molecule has 1 aliphatic rings. The summed E-state index contributed by atoms with van der Waals surface area (Å²) in [5, 5.41) is 11.1. The molecule has 5 nitrogen and oxygen atoms in total. The highest BCUT2D eigenvalue weighted by atomic mass is 16.5. The monoisotopic (exact) mass is 378 g/mol. The zero-order valence-corrected chi connectivity index (χ0v) is 16.1. The van der Waals surface area contributed by atoms with Gasteiger partial charge in [0, 0.05) is 23.0 Å². The van der Waals surface area contributed by atoms with Crippen molar-refractivity contribution in [3.63, 3.8) is 0 Å². The number of carbonyl (C=O) groups excluding carboxylic acids is 1. The van der Waals surface area contributed by atoms with Gasteiger partial charge >= 0.3 is 0 Å². The lowest BCUT2D eigenvalue weighted by molar-refractivity contribution is -0.136. The van der Waals surface area contributed by atoms with Crippen molar-refractivity contribution in [2.75, 3.05) is 13.2 Å². The van der Waals surface area contributed by atoms with Gasteiger partial charge in [-0.3, -0.25) is 4.79 Å². The molecule has 1 atom stereocenters. The molecular weight excluding hydrogens is 352 g/mol. The Morgan fingerprint density at radius 3 is 2.82 bits per heavy atom. The number of H-pyrrole nitrogens is 1. The standard InChI is InChI=1S/C23H26N2O3/c1-16-7-2-5-10-22(16)28-12-6-11-23(27)25-14-21-19(13-17(25)15-26)18-8-3-4-9-20(18)24-21/h2-5,7-10,17,24,26H,6,11-15H2,1H3. The van der Waals surface area contributed by atoms with Crippen molar-refractivity contribution in [1.29, 1.82) is 0 Å². The van der Waals surface area contributed by atoms with E-state index in [0.717, 1.165) is 22.5 Å². The summed E-state index contributed by atoms with van der Waals surface area (Å²) in [6.07, 6.45) is 1.75. The lowest BCUT2D eigenvalue weighted by atomic mass is 9.96. The first kappa shape index (κ1) is 18.6. The van der Waals surface area contributed by atoms with Crippen LogP contribution < -0.4 is 4.74 Å². The summed E-state index contributed by atoms with van der Waals surface area (Å²) in [6.45, 7) is 3.01. The zero-order valence-electron chi connectivity index (χ0n) is 16.1. The number of benzene rings is 2. The maximum atomic E-state index is 12.8. The number of aromatic nitrogens is 1. The molecule has 4 rings (SSSR count). The second-order valence-electron chi connectivity index (χ2n) is 7.41. The van der Waals surface area contributed by atoms with Crippen LogP contribution in [0.25, 0.3) is 10.9 Å². The first-order chi connectivity index (χ1) is 13.7. The third-order valence-corrected chi connectivity index (χ3v) is 5.53. The number of aryl methyl sites for hydroxylation is 1. The molecule has 0 saturated carbocycles. The lowest BCUT2D eigenvalue weighted by Crippen LogP contribution is -2.46. The van der Waals surface area contributed by atoms with Crippen LogP contribution in [0, 0.1) is 6.92 Å². The van der Waals surface area contributed by atoms with Gasteiger partial charge in [-0.25, -0.2) is 0 Å². The molecule has 0 bridgehead atoms. The van der Waals surface area contributed by atoms with E-state index in [-0.39, 0.29) is 18.6 Å². The Labute approximate surface area is 164 Å². The third-order valence-electron chi connectivity index (χ3n) is 5.53. The summed E-state index contributed by atoms with van der Waals surface area (Å²) in [5.74, 6) is 0.931. The second-order valence-corrected chi connectivity index (χ2v) is 7.41. The molecule has 146 valence electrons. The van der Waals surface area contributed by atoms with Gasteiger partial charge in [0.15, 0.2) is 0 Å². The molecule has 28 heavy (non-hydrogen) atoms. The number of carbonyl (C=O) groups is 1. The summed E-state index contributed by atoms with van der Waals surface area (Å²) in [4.78, 5) is 18.1. The highest BCUT2D eigenvalue weighted by molar-refractivity contribution is 5.86. The number of nitrogens with zero attached hydrogens (tertiary/aromatic N) is 1. The van der Waals surface area contributed by atoms with Gasteiger partial charge in [-0.05, 0) is 43.0 Å². The zero-order chi connectivity index (χ0) is 19.5. The number of aliphatic hydroxyl groups is 1.